The molecule has 4 aromatic rings. The number of pyridine rings is 1. The summed E-state index contributed by atoms with van der Waals surface area (Å²) in [4.78, 5) is 6.71. The van der Waals surface area contributed by atoms with Crippen molar-refractivity contribution in [1.29, 1.82) is 0 Å². The Balaban J connectivity index is 1.65. The van der Waals surface area contributed by atoms with Crippen molar-refractivity contribution in [3.05, 3.63) is 113 Å². The van der Waals surface area contributed by atoms with Crippen LogP contribution in [0.4, 0.5) is 18.9 Å². The third kappa shape index (κ3) is 4.69. The molecule has 0 radical (unpaired) electrons. The molecule has 2 aromatic carbocycles. The van der Waals surface area contributed by atoms with Crippen LogP contribution in [0, 0.1) is 13.8 Å². The van der Waals surface area contributed by atoms with Gasteiger partial charge in [-0.25, -0.2) is 0 Å². The molecule has 0 aliphatic carbocycles. The summed E-state index contributed by atoms with van der Waals surface area (Å²) in [6, 6.07) is 21.1. The molecule has 0 bridgehead atoms. The van der Waals surface area contributed by atoms with Crippen LogP contribution in [0.3, 0.4) is 0 Å². The van der Waals surface area contributed by atoms with Crippen LogP contribution >= 0.6 is 12.2 Å². The molecule has 1 aliphatic heterocycles. The number of aryl methyl sites for hydroxylation is 1. The van der Waals surface area contributed by atoms with E-state index in [1.165, 1.54) is 17.7 Å². The number of nitrogens with zero attached hydrogens (tertiary/aromatic N) is 3. The summed E-state index contributed by atoms with van der Waals surface area (Å²) in [6.45, 7) is 8.16. The second-order valence-electron chi connectivity index (χ2n) is 9.95. The summed E-state index contributed by atoms with van der Waals surface area (Å²) in [5.41, 5.74) is 5.46. The number of halogens is 3. The van der Waals surface area contributed by atoms with Gasteiger partial charge in [0.25, 0.3) is 0 Å². The van der Waals surface area contributed by atoms with E-state index < -0.39 is 11.7 Å². The van der Waals surface area contributed by atoms with Gasteiger partial charge in [0.2, 0.25) is 0 Å². The summed E-state index contributed by atoms with van der Waals surface area (Å²) < 4.78 is 42.3. The first-order valence-electron chi connectivity index (χ1n) is 12.5. The summed E-state index contributed by atoms with van der Waals surface area (Å²) in [5, 5.41) is 4.04. The molecule has 0 amide bonds. The van der Waals surface area contributed by atoms with Gasteiger partial charge in [-0.1, -0.05) is 38.1 Å². The Labute approximate surface area is 226 Å². The van der Waals surface area contributed by atoms with Crippen molar-refractivity contribution < 1.29 is 13.2 Å². The monoisotopic (exact) mass is 534 g/mol. The van der Waals surface area contributed by atoms with Crippen LogP contribution in [0.15, 0.2) is 79.0 Å². The first kappa shape index (κ1) is 26.0. The molecule has 4 nitrogen and oxygen atoms in total. The average molecular weight is 535 g/mol. The van der Waals surface area contributed by atoms with Crippen molar-refractivity contribution in [2.24, 2.45) is 0 Å². The Morgan fingerprint density at radius 2 is 1.66 bits per heavy atom. The zero-order valence-electron chi connectivity index (χ0n) is 21.6. The smallest absolute Gasteiger partial charge is 0.351 e. The number of benzene rings is 2. The van der Waals surface area contributed by atoms with E-state index in [1.807, 2.05) is 42.7 Å². The number of hydrogen-bond donors (Lipinski definition) is 1. The maximum atomic E-state index is 13.5. The Morgan fingerprint density at radius 1 is 0.921 bits per heavy atom. The highest BCUT2D eigenvalue weighted by Gasteiger charge is 2.42. The van der Waals surface area contributed by atoms with E-state index in [0.29, 0.717) is 16.7 Å². The summed E-state index contributed by atoms with van der Waals surface area (Å²) in [5.74, 6) is 0.399. The lowest BCUT2D eigenvalue weighted by Gasteiger charge is -2.28. The van der Waals surface area contributed by atoms with E-state index in [2.05, 4.69) is 53.3 Å². The largest absolute Gasteiger partial charge is 0.416 e. The lowest BCUT2D eigenvalue weighted by molar-refractivity contribution is -0.137. The number of nitrogens with one attached hydrogen (secondary N) is 1. The van der Waals surface area contributed by atoms with Gasteiger partial charge in [0, 0.05) is 29.0 Å². The van der Waals surface area contributed by atoms with Gasteiger partial charge in [0.1, 0.15) is 0 Å². The van der Waals surface area contributed by atoms with E-state index in [4.69, 9.17) is 12.2 Å². The molecule has 1 N–H and O–H groups in total. The van der Waals surface area contributed by atoms with Gasteiger partial charge in [0.15, 0.2) is 5.11 Å². The van der Waals surface area contributed by atoms with Crippen molar-refractivity contribution in [1.82, 2.24) is 14.9 Å². The van der Waals surface area contributed by atoms with Crippen LogP contribution in [0.25, 0.3) is 5.69 Å². The average Bonchev–Trinajstić information content (AvgIpc) is 3.39. The SMILES string of the molecule is Cc1cc([C@@H]2[C@@H](c3ccccn3)NC(=S)N2c2ccc(C(C)C)cc2)c(C)n1-c1cccc(C(F)(F)F)c1. The first-order valence-corrected chi connectivity index (χ1v) is 12.9. The minimum atomic E-state index is -4.42. The highest BCUT2D eigenvalue weighted by Crippen LogP contribution is 2.44. The third-order valence-corrected chi connectivity index (χ3v) is 7.47. The molecule has 2 aromatic heterocycles. The highest BCUT2D eigenvalue weighted by molar-refractivity contribution is 7.80. The summed E-state index contributed by atoms with van der Waals surface area (Å²) >= 11 is 5.85. The van der Waals surface area contributed by atoms with E-state index >= 15 is 0 Å². The molecule has 8 heteroatoms. The second-order valence-corrected chi connectivity index (χ2v) is 10.3. The van der Waals surface area contributed by atoms with E-state index in [-0.39, 0.29) is 12.1 Å². The fourth-order valence-corrected chi connectivity index (χ4v) is 5.62. The Bertz CT molecular complexity index is 1460. The van der Waals surface area contributed by atoms with Crippen molar-refractivity contribution >= 4 is 23.0 Å². The maximum absolute atomic E-state index is 13.5. The van der Waals surface area contributed by atoms with Crippen LogP contribution in [0.2, 0.25) is 0 Å². The molecule has 0 saturated carbocycles. The molecule has 1 saturated heterocycles. The van der Waals surface area contributed by atoms with Gasteiger partial charge in [-0.15, -0.1) is 0 Å². The van der Waals surface area contributed by atoms with Crippen LogP contribution in [0.5, 0.6) is 0 Å². The van der Waals surface area contributed by atoms with E-state index in [0.717, 1.165) is 34.4 Å². The molecule has 196 valence electrons. The van der Waals surface area contributed by atoms with Crippen molar-refractivity contribution in [2.45, 2.75) is 51.9 Å². The predicted octanol–water partition coefficient (Wildman–Crippen LogP) is 7.81. The molecule has 1 aliphatic rings. The Kier molecular flexibility index (Phi) is 6.77. The molecule has 0 spiro atoms. The van der Waals surface area contributed by atoms with Gasteiger partial charge >= 0.3 is 6.18 Å². The van der Waals surface area contributed by atoms with E-state index in [9.17, 15) is 13.2 Å². The van der Waals surface area contributed by atoms with Gasteiger partial charge in [0.05, 0.1) is 23.3 Å². The first-order chi connectivity index (χ1) is 18.1. The second kappa shape index (κ2) is 9.91. The maximum Gasteiger partial charge on any atom is 0.416 e. The Hall–Kier alpha value is -3.65. The number of aromatic nitrogens is 2. The summed E-state index contributed by atoms with van der Waals surface area (Å²) in [7, 11) is 0. The minimum Gasteiger partial charge on any atom is -0.351 e. The Morgan fingerprint density at radius 3 is 2.29 bits per heavy atom. The van der Waals surface area contributed by atoms with Crippen LogP contribution in [-0.4, -0.2) is 14.7 Å². The number of thiocarbonyl (C=S) groups is 1. The van der Waals surface area contributed by atoms with Gasteiger partial charge in [-0.3, -0.25) is 4.98 Å². The van der Waals surface area contributed by atoms with Crippen molar-refractivity contribution in [2.75, 3.05) is 4.90 Å². The van der Waals surface area contributed by atoms with Crippen LogP contribution < -0.4 is 10.2 Å². The summed E-state index contributed by atoms with van der Waals surface area (Å²) in [6.07, 6.45) is -2.67. The van der Waals surface area contributed by atoms with Crippen molar-refractivity contribution in [3.8, 4) is 5.69 Å². The zero-order valence-corrected chi connectivity index (χ0v) is 22.4. The third-order valence-electron chi connectivity index (χ3n) is 7.16. The molecule has 3 heterocycles. The standard InChI is InChI=1S/C30H29F3N4S/c1-18(2)21-11-13-23(14-12-21)37-28(27(35-29(37)38)26-10-5-6-15-34-26)25-16-19(3)36(20(25)4)24-9-7-8-22(17-24)30(31,32)33/h5-18,27-28H,1-4H3,(H,35,38)/t27-,28-/m1/s1. The molecule has 38 heavy (non-hydrogen) atoms. The van der Waals surface area contributed by atoms with Crippen molar-refractivity contribution in [3.63, 3.8) is 0 Å². The fourth-order valence-electron chi connectivity index (χ4n) is 5.27. The number of anilines is 1. The number of hydrogen-bond acceptors (Lipinski definition) is 2. The molecule has 5 rings (SSSR count). The zero-order chi connectivity index (χ0) is 27.2. The predicted molar refractivity (Wildman–Crippen MR) is 149 cm³/mol. The lowest BCUT2D eigenvalue weighted by atomic mass is 9.96. The molecule has 0 unspecified atom stereocenters. The number of rotatable bonds is 5. The fraction of sp³-hybridized carbons (Fsp3) is 0.267. The van der Waals surface area contributed by atoms with Crippen LogP contribution in [0.1, 0.15) is 65.6 Å². The molecule has 2 atom stereocenters. The topological polar surface area (TPSA) is 33.1 Å². The highest BCUT2D eigenvalue weighted by atomic mass is 32.1. The normalized spacial score (nSPS) is 17.8. The number of alkyl halides is 3. The van der Waals surface area contributed by atoms with Gasteiger partial charge in [-0.05, 0) is 91.6 Å². The minimum absolute atomic E-state index is 0.246. The van der Waals surface area contributed by atoms with Gasteiger partial charge < -0.3 is 14.8 Å². The van der Waals surface area contributed by atoms with E-state index in [1.54, 1.807) is 12.3 Å². The van der Waals surface area contributed by atoms with Gasteiger partial charge in [-0.2, -0.15) is 13.2 Å². The lowest BCUT2D eigenvalue weighted by Crippen LogP contribution is -2.29. The molecular formula is C30H29F3N4S. The molecule has 1 fully saturated rings. The van der Waals surface area contributed by atoms with Crippen LogP contribution in [-0.2, 0) is 6.18 Å². The molecular weight excluding hydrogens is 505 g/mol. The quantitative estimate of drug-likeness (QED) is 0.265.